The van der Waals surface area contributed by atoms with E-state index in [9.17, 15) is 0 Å². The first-order valence-electron chi connectivity index (χ1n) is 18.8. The van der Waals surface area contributed by atoms with Gasteiger partial charge in [-0.15, -0.1) is 0 Å². The van der Waals surface area contributed by atoms with Gasteiger partial charge in [0.05, 0.1) is 0 Å². The minimum absolute atomic E-state index is 0.0548. The largest absolute Gasteiger partial charge is 0.0619 e. The van der Waals surface area contributed by atoms with Crippen molar-refractivity contribution in [2.45, 2.75) is 96.8 Å². The highest BCUT2D eigenvalue weighted by molar-refractivity contribution is 5.83. The Morgan fingerprint density at radius 3 is 1.20 bits per heavy atom. The zero-order chi connectivity index (χ0) is 36.1. The van der Waals surface area contributed by atoms with E-state index in [4.69, 9.17) is 0 Å². The molecule has 0 saturated heterocycles. The van der Waals surface area contributed by atoms with Crippen LogP contribution in [0.3, 0.4) is 0 Å². The van der Waals surface area contributed by atoms with Crippen LogP contribution < -0.4 is 0 Å². The van der Waals surface area contributed by atoms with E-state index in [0.717, 1.165) is 0 Å². The maximum absolute atomic E-state index is 2.52. The van der Waals surface area contributed by atoms with Crippen molar-refractivity contribution in [2.75, 3.05) is 0 Å². The molecule has 0 heterocycles. The van der Waals surface area contributed by atoms with Crippen molar-refractivity contribution in [1.29, 1.82) is 0 Å². The minimum Gasteiger partial charge on any atom is -0.0619 e. The van der Waals surface area contributed by atoms with Crippen molar-refractivity contribution in [3.8, 4) is 33.4 Å². The number of fused-ring (bicyclic) bond motifs is 6. The summed E-state index contributed by atoms with van der Waals surface area (Å²) in [5.41, 5.74) is 20.5. The van der Waals surface area contributed by atoms with E-state index in [1.54, 1.807) is 0 Å². The second-order valence-electron chi connectivity index (χ2n) is 18.3. The van der Waals surface area contributed by atoms with E-state index < -0.39 is 0 Å². The molecule has 0 heteroatoms. The summed E-state index contributed by atoms with van der Waals surface area (Å²) in [5, 5.41) is 0. The summed E-state index contributed by atoms with van der Waals surface area (Å²) in [6.45, 7) is 23.5. The van der Waals surface area contributed by atoms with Gasteiger partial charge in [0.2, 0.25) is 0 Å². The van der Waals surface area contributed by atoms with Gasteiger partial charge < -0.3 is 0 Å². The van der Waals surface area contributed by atoms with E-state index in [1.165, 1.54) is 83.5 Å². The fraction of sp³-hybridized carbons (Fsp3) is 0.294. The molecule has 6 aromatic carbocycles. The number of rotatable bonds is 4. The van der Waals surface area contributed by atoms with Crippen LogP contribution in [0.15, 0.2) is 127 Å². The first-order valence-corrected chi connectivity index (χ1v) is 18.8. The summed E-state index contributed by atoms with van der Waals surface area (Å²) < 4.78 is 0. The first kappa shape index (κ1) is 33.5. The third-order valence-electron chi connectivity index (χ3n) is 12.1. The van der Waals surface area contributed by atoms with Crippen LogP contribution in [-0.4, -0.2) is 0 Å². The Morgan fingerprint density at radius 2 is 0.765 bits per heavy atom. The standard InChI is InChI=1S/C51H52/c1-48(2,3)37-27-36(28-38(31-37)49(4,5)6)32-19-21-33(22-20-32)47(34-23-25-41-39-15-11-13-17-43(39)50(7,8)45(41)29-34)35-24-26-42-40-16-12-14-18-44(40)51(9,10)46(42)30-35/h11-31,47H,1-10H3. The Hall–Kier alpha value is -4.68. The molecule has 256 valence electrons. The highest BCUT2D eigenvalue weighted by atomic mass is 14.4. The third kappa shape index (κ3) is 5.42. The van der Waals surface area contributed by atoms with Gasteiger partial charge in [0, 0.05) is 16.7 Å². The summed E-state index contributed by atoms with van der Waals surface area (Å²) in [7, 11) is 0. The zero-order valence-electron chi connectivity index (χ0n) is 32.2. The van der Waals surface area contributed by atoms with Gasteiger partial charge in [0.15, 0.2) is 0 Å². The normalized spacial score (nSPS) is 15.4. The fourth-order valence-corrected chi connectivity index (χ4v) is 8.91. The second kappa shape index (κ2) is 11.4. The van der Waals surface area contributed by atoms with Crippen LogP contribution in [0, 0.1) is 0 Å². The van der Waals surface area contributed by atoms with Crippen LogP contribution in [-0.2, 0) is 21.7 Å². The van der Waals surface area contributed by atoms with Crippen molar-refractivity contribution in [2.24, 2.45) is 0 Å². The second-order valence-corrected chi connectivity index (χ2v) is 18.3. The Morgan fingerprint density at radius 1 is 0.373 bits per heavy atom. The molecule has 51 heavy (non-hydrogen) atoms. The van der Waals surface area contributed by atoms with Crippen LogP contribution >= 0.6 is 0 Å². The predicted molar refractivity (Wildman–Crippen MR) is 218 cm³/mol. The lowest BCUT2D eigenvalue weighted by atomic mass is 9.77. The molecule has 0 nitrogen and oxygen atoms in total. The van der Waals surface area contributed by atoms with Gasteiger partial charge in [-0.1, -0.05) is 197 Å². The molecule has 2 aliphatic carbocycles. The monoisotopic (exact) mass is 664 g/mol. The Bertz CT molecular complexity index is 2170. The molecule has 0 saturated carbocycles. The van der Waals surface area contributed by atoms with Crippen molar-refractivity contribution >= 4 is 0 Å². The summed E-state index contributed by atoms with van der Waals surface area (Å²) in [5.74, 6) is 0.0970. The molecule has 0 atom stereocenters. The molecule has 0 aliphatic heterocycles. The summed E-state index contributed by atoms with van der Waals surface area (Å²) in [4.78, 5) is 0. The van der Waals surface area contributed by atoms with Gasteiger partial charge >= 0.3 is 0 Å². The molecule has 0 aromatic heterocycles. The van der Waals surface area contributed by atoms with Gasteiger partial charge in [0.1, 0.15) is 0 Å². The molecular weight excluding hydrogens is 613 g/mol. The third-order valence-corrected chi connectivity index (χ3v) is 12.1. The molecule has 0 amide bonds. The van der Waals surface area contributed by atoms with E-state index >= 15 is 0 Å². The van der Waals surface area contributed by atoms with Gasteiger partial charge in [-0.2, -0.15) is 0 Å². The molecule has 8 rings (SSSR count). The first-order chi connectivity index (χ1) is 24.0. The summed E-state index contributed by atoms with van der Waals surface area (Å²) in [6.07, 6.45) is 0. The average Bonchev–Trinajstić information content (AvgIpc) is 3.47. The van der Waals surface area contributed by atoms with E-state index in [1.807, 2.05) is 0 Å². The van der Waals surface area contributed by atoms with Crippen LogP contribution in [0.5, 0.6) is 0 Å². The highest BCUT2D eigenvalue weighted by Gasteiger charge is 2.38. The lowest BCUT2D eigenvalue weighted by Crippen LogP contribution is -2.17. The maximum Gasteiger partial charge on any atom is 0.0340 e. The smallest absolute Gasteiger partial charge is 0.0340 e. The molecule has 0 bridgehead atoms. The molecule has 0 unspecified atom stereocenters. The van der Waals surface area contributed by atoms with Crippen molar-refractivity contribution < 1.29 is 0 Å². The highest BCUT2D eigenvalue weighted by Crippen LogP contribution is 2.52. The average molecular weight is 665 g/mol. The molecule has 0 radical (unpaired) electrons. The molecule has 0 N–H and O–H groups in total. The Kier molecular flexibility index (Phi) is 7.49. The number of benzene rings is 6. The minimum atomic E-state index is -0.0548. The Labute approximate surface area is 306 Å². The van der Waals surface area contributed by atoms with Crippen LogP contribution in [0.1, 0.15) is 125 Å². The number of hydrogen-bond acceptors (Lipinski definition) is 0. The van der Waals surface area contributed by atoms with Crippen LogP contribution in [0.4, 0.5) is 0 Å². The molecule has 2 aliphatic rings. The quantitative estimate of drug-likeness (QED) is 0.165. The van der Waals surface area contributed by atoms with E-state index in [2.05, 4.69) is 197 Å². The van der Waals surface area contributed by atoms with Crippen LogP contribution in [0.25, 0.3) is 33.4 Å². The van der Waals surface area contributed by atoms with Crippen molar-refractivity contribution in [3.63, 3.8) is 0 Å². The van der Waals surface area contributed by atoms with Gasteiger partial charge in [-0.05, 0) is 94.3 Å². The SMILES string of the molecule is CC(C)(C)c1cc(-c2ccc(C(c3ccc4c(c3)C(C)(C)c3ccccc3-4)c3ccc4c(c3)C(C)(C)c3ccccc3-4)cc2)cc(C(C)(C)C)c1. The predicted octanol–water partition coefficient (Wildman–Crippen LogP) is 13.7. The van der Waals surface area contributed by atoms with E-state index in [-0.39, 0.29) is 27.6 Å². The van der Waals surface area contributed by atoms with Gasteiger partial charge in [-0.25, -0.2) is 0 Å². The molecule has 0 spiro atoms. The maximum atomic E-state index is 2.52. The number of hydrogen-bond donors (Lipinski definition) is 0. The molecular formula is C51H52. The van der Waals surface area contributed by atoms with Crippen molar-refractivity contribution in [1.82, 2.24) is 0 Å². The molecule has 6 aromatic rings. The summed E-state index contributed by atoms with van der Waals surface area (Å²) >= 11 is 0. The topological polar surface area (TPSA) is 0 Å². The Balaban J connectivity index is 1.28. The summed E-state index contributed by atoms with van der Waals surface area (Å²) in [6, 6.07) is 49.2. The molecule has 0 fully saturated rings. The van der Waals surface area contributed by atoms with Crippen molar-refractivity contribution in [3.05, 3.63) is 177 Å². The van der Waals surface area contributed by atoms with E-state index in [0.29, 0.717) is 0 Å². The lowest BCUT2D eigenvalue weighted by Gasteiger charge is -2.27. The lowest BCUT2D eigenvalue weighted by molar-refractivity contribution is 0.569. The van der Waals surface area contributed by atoms with Crippen LogP contribution in [0.2, 0.25) is 0 Å². The van der Waals surface area contributed by atoms with Gasteiger partial charge in [0.25, 0.3) is 0 Å². The zero-order valence-corrected chi connectivity index (χ0v) is 32.2. The fourth-order valence-electron chi connectivity index (χ4n) is 8.91. The van der Waals surface area contributed by atoms with Gasteiger partial charge in [-0.3, -0.25) is 0 Å².